The Morgan fingerprint density at radius 1 is 0.865 bits per heavy atom. The number of allylic oxidation sites excluding steroid dienone is 2. The Bertz CT molecular complexity index is 1010. The average Bonchev–Trinajstić information content (AvgIpc) is 2.90. The summed E-state index contributed by atoms with van der Waals surface area (Å²) in [7, 11) is 0. The fraction of sp³-hybridized carbons (Fsp3) is 0.367. The van der Waals surface area contributed by atoms with Crippen LogP contribution in [0.1, 0.15) is 30.9 Å². The lowest BCUT2D eigenvalue weighted by atomic mass is 9.96. The molecule has 0 bridgehead atoms. The molecule has 2 amide bonds. The summed E-state index contributed by atoms with van der Waals surface area (Å²) in [6.45, 7) is 8.79. The maximum absolute atomic E-state index is 13.1. The number of aliphatic hydroxyl groups is 1. The van der Waals surface area contributed by atoms with Crippen LogP contribution in [0, 0.1) is 11.8 Å². The zero-order chi connectivity index (χ0) is 27.0. The standard InChI is InChI=1S/C30H38N2O5/c1-4-12-25(18-23-14-8-6-9-15-23)30(36)37-21-26(19-24-16-10-7-11-17-24)32-29(35)27(13-5-2)28(34)31-22(3)20-33/h4-11,14-17,22,25-27,33H,1-2,12-13,18-21H2,3H3,(H,31,34)(H,32,35)/t22-,25-,26+,27?/m1/s1. The third kappa shape index (κ3) is 10.4. The van der Waals surface area contributed by atoms with E-state index < -0.39 is 35.7 Å². The molecule has 0 radical (unpaired) electrons. The van der Waals surface area contributed by atoms with Gasteiger partial charge in [0.1, 0.15) is 12.5 Å². The molecule has 4 atom stereocenters. The van der Waals surface area contributed by atoms with Crippen LogP contribution in [0.25, 0.3) is 0 Å². The minimum Gasteiger partial charge on any atom is -0.463 e. The van der Waals surface area contributed by atoms with Crippen molar-refractivity contribution in [1.29, 1.82) is 0 Å². The normalized spacial score (nSPS) is 13.9. The van der Waals surface area contributed by atoms with E-state index in [1.54, 1.807) is 13.0 Å². The molecule has 7 heteroatoms. The van der Waals surface area contributed by atoms with Crippen molar-refractivity contribution >= 4 is 17.8 Å². The Kier molecular flexibility index (Phi) is 12.9. The second-order valence-electron chi connectivity index (χ2n) is 9.11. The van der Waals surface area contributed by atoms with Crippen LogP contribution in [0.4, 0.5) is 0 Å². The molecular weight excluding hydrogens is 468 g/mol. The van der Waals surface area contributed by atoms with Gasteiger partial charge in [-0.3, -0.25) is 14.4 Å². The molecule has 2 rings (SSSR count). The van der Waals surface area contributed by atoms with Gasteiger partial charge in [0, 0.05) is 6.04 Å². The van der Waals surface area contributed by atoms with Gasteiger partial charge in [0.15, 0.2) is 0 Å². The first-order valence-corrected chi connectivity index (χ1v) is 12.6. The van der Waals surface area contributed by atoms with Gasteiger partial charge in [-0.15, -0.1) is 13.2 Å². The summed E-state index contributed by atoms with van der Waals surface area (Å²) in [4.78, 5) is 38.8. The number of esters is 1. The van der Waals surface area contributed by atoms with Crippen molar-refractivity contribution in [2.24, 2.45) is 11.8 Å². The van der Waals surface area contributed by atoms with Crippen LogP contribution in [-0.4, -0.2) is 48.2 Å². The van der Waals surface area contributed by atoms with Crippen LogP contribution in [0.15, 0.2) is 86.0 Å². The van der Waals surface area contributed by atoms with Gasteiger partial charge in [-0.05, 0) is 43.7 Å². The van der Waals surface area contributed by atoms with Gasteiger partial charge in [0.2, 0.25) is 11.8 Å². The van der Waals surface area contributed by atoms with Crippen molar-refractivity contribution in [2.75, 3.05) is 13.2 Å². The summed E-state index contributed by atoms with van der Waals surface area (Å²) in [5, 5.41) is 14.8. The molecule has 0 aromatic heterocycles. The molecule has 0 aliphatic heterocycles. The smallest absolute Gasteiger partial charge is 0.309 e. The second-order valence-corrected chi connectivity index (χ2v) is 9.11. The highest BCUT2D eigenvalue weighted by molar-refractivity contribution is 6.00. The summed E-state index contributed by atoms with van der Waals surface area (Å²) in [5.74, 6) is -2.78. The molecule has 0 heterocycles. The highest BCUT2D eigenvalue weighted by atomic mass is 16.5. The average molecular weight is 507 g/mol. The Morgan fingerprint density at radius 3 is 1.95 bits per heavy atom. The Labute approximate surface area is 219 Å². The molecule has 2 aromatic rings. The first-order valence-electron chi connectivity index (χ1n) is 12.6. The maximum atomic E-state index is 13.1. The predicted molar refractivity (Wildman–Crippen MR) is 144 cm³/mol. The number of ether oxygens (including phenoxy) is 1. The summed E-state index contributed by atoms with van der Waals surface area (Å²) in [6.07, 6.45) is 4.74. The highest BCUT2D eigenvalue weighted by Crippen LogP contribution is 2.16. The van der Waals surface area contributed by atoms with Gasteiger partial charge in [0.05, 0.1) is 18.6 Å². The molecule has 0 aliphatic rings. The van der Waals surface area contributed by atoms with Gasteiger partial charge in [-0.25, -0.2) is 0 Å². The molecule has 0 fully saturated rings. The molecule has 3 N–H and O–H groups in total. The summed E-state index contributed by atoms with van der Waals surface area (Å²) >= 11 is 0. The van der Waals surface area contributed by atoms with Gasteiger partial charge >= 0.3 is 5.97 Å². The molecule has 1 unspecified atom stereocenters. The van der Waals surface area contributed by atoms with Crippen LogP contribution in [0.5, 0.6) is 0 Å². The first kappa shape index (κ1) is 29.5. The number of hydrogen-bond donors (Lipinski definition) is 3. The van der Waals surface area contributed by atoms with E-state index in [0.29, 0.717) is 19.3 Å². The largest absolute Gasteiger partial charge is 0.463 e. The van der Waals surface area contributed by atoms with E-state index in [4.69, 9.17) is 4.74 Å². The Balaban J connectivity index is 2.13. The fourth-order valence-corrected chi connectivity index (χ4v) is 3.90. The first-order chi connectivity index (χ1) is 17.9. The summed E-state index contributed by atoms with van der Waals surface area (Å²) < 4.78 is 5.69. The van der Waals surface area contributed by atoms with Crippen LogP contribution in [-0.2, 0) is 32.0 Å². The third-order valence-electron chi connectivity index (χ3n) is 5.91. The van der Waals surface area contributed by atoms with E-state index in [-0.39, 0.29) is 25.6 Å². The van der Waals surface area contributed by atoms with E-state index in [9.17, 15) is 19.5 Å². The highest BCUT2D eigenvalue weighted by Gasteiger charge is 2.29. The van der Waals surface area contributed by atoms with E-state index in [1.165, 1.54) is 6.08 Å². The lowest BCUT2D eigenvalue weighted by molar-refractivity contribution is -0.150. The van der Waals surface area contributed by atoms with Crippen LogP contribution in [0.3, 0.4) is 0 Å². The number of nitrogens with one attached hydrogen (secondary N) is 2. The van der Waals surface area contributed by atoms with Crippen molar-refractivity contribution < 1.29 is 24.2 Å². The molecule has 0 spiro atoms. The monoisotopic (exact) mass is 506 g/mol. The molecule has 7 nitrogen and oxygen atoms in total. The number of hydrogen-bond acceptors (Lipinski definition) is 5. The predicted octanol–water partition coefficient (Wildman–Crippen LogP) is 3.38. The zero-order valence-corrected chi connectivity index (χ0v) is 21.5. The number of amides is 2. The second kappa shape index (κ2) is 16.1. The van der Waals surface area contributed by atoms with Gasteiger partial charge < -0.3 is 20.5 Å². The number of benzene rings is 2. The Hall–Kier alpha value is -3.71. The quantitative estimate of drug-likeness (QED) is 0.184. The topological polar surface area (TPSA) is 105 Å². The van der Waals surface area contributed by atoms with Crippen molar-refractivity contribution in [3.63, 3.8) is 0 Å². The number of carbonyl (C=O) groups excluding carboxylic acids is 3. The summed E-state index contributed by atoms with van der Waals surface area (Å²) in [5.41, 5.74) is 1.98. The lowest BCUT2D eigenvalue weighted by Gasteiger charge is -2.24. The number of aliphatic hydroxyl groups excluding tert-OH is 1. The van der Waals surface area contributed by atoms with Crippen molar-refractivity contribution in [1.82, 2.24) is 10.6 Å². The number of rotatable bonds is 16. The fourth-order valence-electron chi connectivity index (χ4n) is 3.90. The maximum Gasteiger partial charge on any atom is 0.309 e. The van der Waals surface area contributed by atoms with Crippen LogP contribution < -0.4 is 10.6 Å². The van der Waals surface area contributed by atoms with E-state index in [2.05, 4.69) is 23.8 Å². The molecule has 198 valence electrons. The van der Waals surface area contributed by atoms with E-state index in [1.807, 2.05) is 60.7 Å². The molecule has 0 saturated heterocycles. The lowest BCUT2D eigenvalue weighted by Crippen LogP contribution is -2.49. The SMILES string of the molecule is C=CCC(C(=O)N[C@H](COC(=O)[C@H](CC=C)Cc1ccccc1)Cc1ccccc1)C(=O)N[C@H](C)CO. The van der Waals surface area contributed by atoms with Crippen LogP contribution >= 0.6 is 0 Å². The Morgan fingerprint density at radius 2 is 1.41 bits per heavy atom. The molecule has 37 heavy (non-hydrogen) atoms. The molecular formula is C30H38N2O5. The van der Waals surface area contributed by atoms with Gasteiger partial charge in [-0.1, -0.05) is 72.8 Å². The molecule has 2 aromatic carbocycles. The summed E-state index contributed by atoms with van der Waals surface area (Å²) in [6, 6.07) is 18.2. The molecule has 0 saturated carbocycles. The van der Waals surface area contributed by atoms with Crippen molar-refractivity contribution in [3.8, 4) is 0 Å². The minimum absolute atomic E-state index is 0.0443. The van der Waals surface area contributed by atoms with Crippen molar-refractivity contribution in [3.05, 3.63) is 97.1 Å². The van der Waals surface area contributed by atoms with Gasteiger partial charge in [0.25, 0.3) is 0 Å². The van der Waals surface area contributed by atoms with E-state index in [0.717, 1.165) is 11.1 Å². The third-order valence-corrected chi connectivity index (χ3v) is 5.91. The van der Waals surface area contributed by atoms with Gasteiger partial charge in [-0.2, -0.15) is 0 Å². The minimum atomic E-state index is -1.02. The number of carbonyl (C=O) groups is 3. The zero-order valence-electron chi connectivity index (χ0n) is 21.5. The molecule has 0 aliphatic carbocycles. The van der Waals surface area contributed by atoms with Crippen LogP contribution in [0.2, 0.25) is 0 Å². The van der Waals surface area contributed by atoms with E-state index >= 15 is 0 Å². The van der Waals surface area contributed by atoms with Crippen molar-refractivity contribution in [2.45, 2.75) is 44.7 Å².